The predicted octanol–water partition coefficient (Wildman–Crippen LogP) is 1.48. The number of nitrogens with two attached hydrogens (primary N) is 2. The van der Waals surface area contributed by atoms with Crippen molar-refractivity contribution < 1.29 is 13.2 Å². The van der Waals surface area contributed by atoms with Crippen LogP contribution < -0.4 is 16.2 Å². The summed E-state index contributed by atoms with van der Waals surface area (Å²) in [5.74, 6) is -0.706. The Morgan fingerprint density at radius 3 is 2.43 bits per heavy atom. The number of hydrogen-bond donors (Lipinski definition) is 3. The van der Waals surface area contributed by atoms with Crippen LogP contribution in [0.1, 0.15) is 15.9 Å². The minimum absolute atomic E-state index is 0.0935. The summed E-state index contributed by atoms with van der Waals surface area (Å²) in [6.07, 6.45) is 0. The molecule has 0 aliphatic heterocycles. The van der Waals surface area contributed by atoms with E-state index in [1.165, 1.54) is 24.3 Å². The number of primary amides is 1. The predicted molar refractivity (Wildman–Crippen MR) is 81.4 cm³/mol. The Morgan fingerprint density at radius 1 is 1.14 bits per heavy atom. The molecule has 0 fully saturated rings. The highest BCUT2D eigenvalue weighted by Crippen LogP contribution is 2.23. The monoisotopic (exact) mass is 305 g/mol. The molecule has 21 heavy (non-hydrogen) atoms. The van der Waals surface area contributed by atoms with Crippen LogP contribution >= 0.6 is 0 Å². The second kappa shape index (κ2) is 5.45. The van der Waals surface area contributed by atoms with Crippen LogP contribution in [0.5, 0.6) is 0 Å². The van der Waals surface area contributed by atoms with Gasteiger partial charge in [-0.05, 0) is 42.8 Å². The third-order valence-electron chi connectivity index (χ3n) is 2.93. The van der Waals surface area contributed by atoms with Crippen LogP contribution in [0.25, 0.3) is 0 Å². The molecule has 0 spiro atoms. The number of nitrogens with one attached hydrogen (secondary N) is 1. The average molecular weight is 305 g/mol. The van der Waals surface area contributed by atoms with E-state index in [1.54, 1.807) is 25.1 Å². The summed E-state index contributed by atoms with van der Waals surface area (Å²) < 4.78 is 27.2. The van der Waals surface area contributed by atoms with Gasteiger partial charge in [-0.2, -0.15) is 0 Å². The maximum Gasteiger partial charge on any atom is 0.262 e. The van der Waals surface area contributed by atoms with Gasteiger partial charge in [0.25, 0.3) is 15.9 Å². The fourth-order valence-electron chi connectivity index (χ4n) is 1.96. The minimum Gasteiger partial charge on any atom is -0.399 e. The van der Waals surface area contributed by atoms with Crippen LogP contribution in [0, 0.1) is 6.92 Å². The highest BCUT2D eigenvalue weighted by Gasteiger charge is 2.19. The summed E-state index contributed by atoms with van der Waals surface area (Å²) in [5, 5.41) is 0. The quantitative estimate of drug-likeness (QED) is 0.742. The lowest BCUT2D eigenvalue weighted by molar-refractivity contribution is 0.100. The summed E-state index contributed by atoms with van der Waals surface area (Å²) >= 11 is 0. The van der Waals surface area contributed by atoms with Gasteiger partial charge in [0.05, 0.1) is 16.1 Å². The molecule has 0 saturated carbocycles. The van der Waals surface area contributed by atoms with Crippen molar-refractivity contribution in [3.63, 3.8) is 0 Å². The molecule has 2 rings (SSSR count). The van der Waals surface area contributed by atoms with Crippen molar-refractivity contribution in [2.45, 2.75) is 11.8 Å². The number of hydrogen-bond acceptors (Lipinski definition) is 4. The molecule has 2 aromatic rings. The molecular weight excluding hydrogens is 290 g/mol. The summed E-state index contributed by atoms with van der Waals surface area (Å²) in [5.41, 5.74) is 12.1. The first-order chi connectivity index (χ1) is 9.81. The Kier molecular flexibility index (Phi) is 3.86. The van der Waals surface area contributed by atoms with Crippen LogP contribution in [0.2, 0.25) is 0 Å². The Morgan fingerprint density at radius 2 is 1.81 bits per heavy atom. The van der Waals surface area contributed by atoms with Gasteiger partial charge in [0.1, 0.15) is 0 Å². The van der Waals surface area contributed by atoms with Crippen molar-refractivity contribution in [1.29, 1.82) is 0 Å². The van der Waals surface area contributed by atoms with E-state index in [4.69, 9.17) is 11.5 Å². The van der Waals surface area contributed by atoms with Crippen molar-refractivity contribution in [1.82, 2.24) is 0 Å². The molecule has 0 unspecified atom stereocenters. The third-order valence-corrected chi connectivity index (χ3v) is 4.45. The van der Waals surface area contributed by atoms with Gasteiger partial charge >= 0.3 is 0 Å². The first kappa shape index (κ1) is 14.9. The highest BCUT2D eigenvalue weighted by molar-refractivity contribution is 7.92. The molecule has 110 valence electrons. The topological polar surface area (TPSA) is 115 Å². The number of sulfonamides is 1. The molecule has 0 heterocycles. The number of aryl methyl sites for hydroxylation is 1. The van der Waals surface area contributed by atoms with Crippen molar-refractivity contribution >= 4 is 27.3 Å². The molecule has 0 aliphatic rings. The first-order valence-electron chi connectivity index (χ1n) is 6.09. The number of carbonyl (C=O) groups excluding carboxylic acids is 1. The van der Waals surface area contributed by atoms with E-state index in [1.807, 2.05) is 0 Å². The molecule has 0 aromatic heterocycles. The van der Waals surface area contributed by atoms with Crippen molar-refractivity contribution in [3.05, 3.63) is 53.6 Å². The molecule has 1 amide bonds. The fourth-order valence-corrected chi connectivity index (χ4v) is 3.27. The Hall–Kier alpha value is -2.54. The lowest BCUT2D eigenvalue weighted by Gasteiger charge is -2.12. The van der Waals surface area contributed by atoms with Crippen LogP contribution in [-0.4, -0.2) is 14.3 Å². The normalized spacial score (nSPS) is 11.1. The average Bonchev–Trinajstić information content (AvgIpc) is 2.37. The number of benzene rings is 2. The van der Waals surface area contributed by atoms with Crippen LogP contribution in [0.4, 0.5) is 11.4 Å². The molecule has 0 bridgehead atoms. The Bertz CT molecular complexity index is 801. The standard InChI is InChI=1S/C14H15N3O3S/c1-9-8-10(15)6-7-13(9)21(19,20)17-12-5-3-2-4-11(12)14(16)18/h2-8,17H,15H2,1H3,(H2,16,18). The molecule has 5 N–H and O–H groups in total. The molecule has 0 aliphatic carbocycles. The number of amides is 1. The van der Waals surface area contributed by atoms with Gasteiger partial charge in [-0.15, -0.1) is 0 Å². The molecular formula is C14H15N3O3S. The fraction of sp³-hybridized carbons (Fsp3) is 0.0714. The van der Waals surface area contributed by atoms with Gasteiger partial charge in [0.2, 0.25) is 0 Å². The molecule has 0 atom stereocenters. The zero-order chi connectivity index (χ0) is 15.6. The van der Waals surface area contributed by atoms with Crippen LogP contribution in [-0.2, 0) is 10.0 Å². The Balaban J connectivity index is 2.45. The maximum absolute atomic E-state index is 12.4. The zero-order valence-corrected chi connectivity index (χ0v) is 12.1. The smallest absolute Gasteiger partial charge is 0.262 e. The Labute approximate surface area is 122 Å². The number of rotatable bonds is 4. The van der Waals surface area contributed by atoms with Crippen LogP contribution in [0.15, 0.2) is 47.4 Å². The maximum atomic E-state index is 12.4. The number of anilines is 2. The van der Waals surface area contributed by atoms with E-state index in [0.29, 0.717) is 11.3 Å². The second-order valence-electron chi connectivity index (χ2n) is 4.54. The van der Waals surface area contributed by atoms with Crippen molar-refractivity contribution in [2.24, 2.45) is 5.73 Å². The second-order valence-corrected chi connectivity index (χ2v) is 6.19. The van der Waals surface area contributed by atoms with E-state index in [9.17, 15) is 13.2 Å². The van der Waals surface area contributed by atoms with Gasteiger partial charge in [0.15, 0.2) is 0 Å². The summed E-state index contributed by atoms with van der Waals surface area (Å²) in [6.45, 7) is 1.64. The van der Waals surface area contributed by atoms with Gasteiger partial charge in [0, 0.05) is 5.69 Å². The summed E-state index contributed by atoms with van der Waals surface area (Å²) in [6, 6.07) is 10.6. The number of carbonyl (C=O) groups is 1. The van der Waals surface area contributed by atoms with Gasteiger partial charge < -0.3 is 11.5 Å². The molecule has 7 heteroatoms. The third kappa shape index (κ3) is 3.14. The molecule has 6 nitrogen and oxygen atoms in total. The van der Waals surface area contributed by atoms with Gasteiger partial charge in [-0.3, -0.25) is 9.52 Å². The molecule has 0 radical (unpaired) electrons. The first-order valence-corrected chi connectivity index (χ1v) is 7.57. The largest absolute Gasteiger partial charge is 0.399 e. The van der Waals surface area contributed by atoms with E-state index in [-0.39, 0.29) is 16.1 Å². The van der Waals surface area contributed by atoms with Crippen LogP contribution in [0.3, 0.4) is 0 Å². The van der Waals surface area contributed by atoms with Gasteiger partial charge in [-0.25, -0.2) is 8.42 Å². The summed E-state index contributed by atoms with van der Waals surface area (Å²) in [4.78, 5) is 11.4. The number of para-hydroxylation sites is 1. The van der Waals surface area contributed by atoms with E-state index >= 15 is 0 Å². The van der Waals surface area contributed by atoms with E-state index in [2.05, 4.69) is 4.72 Å². The SMILES string of the molecule is Cc1cc(N)ccc1S(=O)(=O)Nc1ccccc1C(N)=O. The minimum atomic E-state index is -3.83. The van der Waals surface area contributed by atoms with Crippen molar-refractivity contribution in [2.75, 3.05) is 10.5 Å². The highest BCUT2D eigenvalue weighted by atomic mass is 32.2. The molecule has 0 saturated heterocycles. The summed E-state index contributed by atoms with van der Waals surface area (Å²) in [7, 11) is -3.83. The zero-order valence-electron chi connectivity index (χ0n) is 11.3. The van der Waals surface area contributed by atoms with E-state index in [0.717, 1.165) is 0 Å². The van der Waals surface area contributed by atoms with Crippen molar-refractivity contribution in [3.8, 4) is 0 Å². The van der Waals surface area contributed by atoms with E-state index < -0.39 is 15.9 Å². The lowest BCUT2D eigenvalue weighted by atomic mass is 10.2. The lowest BCUT2D eigenvalue weighted by Crippen LogP contribution is -2.19. The molecule has 2 aromatic carbocycles. The van der Waals surface area contributed by atoms with Gasteiger partial charge in [-0.1, -0.05) is 12.1 Å². The number of nitrogen functional groups attached to an aromatic ring is 1.